The number of rotatable bonds is 7. The normalized spacial score (nSPS) is 20.2. The third kappa shape index (κ3) is 5.01. The van der Waals surface area contributed by atoms with Crippen molar-refractivity contribution >= 4 is 17.2 Å². The van der Waals surface area contributed by atoms with Crippen molar-refractivity contribution < 1.29 is 19.0 Å². The fourth-order valence-electron chi connectivity index (χ4n) is 2.66. The summed E-state index contributed by atoms with van der Waals surface area (Å²) in [4.78, 5) is 16.7. The predicted molar refractivity (Wildman–Crippen MR) is 95.0 cm³/mol. The summed E-state index contributed by atoms with van der Waals surface area (Å²) in [5.74, 6) is 0.645. The Morgan fingerprint density at radius 2 is 2.24 bits per heavy atom. The van der Waals surface area contributed by atoms with Crippen LogP contribution >= 0.6 is 11.3 Å². The molecule has 7 heteroatoms. The first-order valence-electron chi connectivity index (χ1n) is 8.36. The van der Waals surface area contributed by atoms with Crippen LogP contribution in [0.15, 0.2) is 35.2 Å². The summed E-state index contributed by atoms with van der Waals surface area (Å²) in [6, 6.07) is 7.07. The summed E-state index contributed by atoms with van der Waals surface area (Å²) in [7, 11) is 0. The first-order valence-corrected chi connectivity index (χ1v) is 9.30. The molecule has 1 N–H and O–H groups in total. The Morgan fingerprint density at radius 1 is 1.40 bits per heavy atom. The van der Waals surface area contributed by atoms with Crippen LogP contribution in [0.3, 0.4) is 0 Å². The van der Waals surface area contributed by atoms with Gasteiger partial charge in [0.1, 0.15) is 11.9 Å². The molecule has 1 saturated heterocycles. The highest BCUT2D eigenvalue weighted by Gasteiger charge is 2.28. The summed E-state index contributed by atoms with van der Waals surface area (Å²) in [6.45, 7) is 4.04. The summed E-state index contributed by atoms with van der Waals surface area (Å²) < 4.78 is 16.8. The van der Waals surface area contributed by atoms with Gasteiger partial charge in [-0.1, -0.05) is 0 Å². The lowest BCUT2D eigenvalue weighted by Gasteiger charge is -2.32. The SMILES string of the molecule is CCOc1ccc(C(=O)N[C@@H]2CCOC[C@H]2OCc2cscn2)cc1. The molecule has 0 spiro atoms. The number of thiazole rings is 1. The molecule has 134 valence electrons. The smallest absolute Gasteiger partial charge is 0.251 e. The van der Waals surface area contributed by atoms with Crippen molar-refractivity contribution in [1.82, 2.24) is 10.3 Å². The van der Waals surface area contributed by atoms with E-state index in [1.165, 1.54) is 11.3 Å². The first kappa shape index (κ1) is 17.8. The van der Waals surface area contributed by atoms with Gasteiger partial charge in [-0.3, -0.25) is 4.79 Å². The Balaban J connectivity index is 1.57. The molecule has 0 saturated carbocycles. The predicted octanol–water partition coefficient (Wildman–Crippen LogP) is 2.65. The minimum Gasteiger partial charge on any atom is -0.494 e. The molecule has 1 aliphatic heterocycles. The molecular formula is C18H22N2O4S. The molecule has 6 nitrogen and oxygen atoms in total. The molecule has 1 aromatic carbocycles. The van der Waals surface area contributed by atoms with Gasteiger partial charge in [0.05, 0.1) is 37.1 Å². The molecule has 1 aliphatic rings. The van der Waals surface area contributed by atoms with E-state index in [-0.39, 0.29) is 18.1 Å². The Kier molecular flexibility index (Phi) is 6.38. The van der Waals surface area contributed by atoms with Crippen molar-refractivity contribution in [3.63, 3.8) is 0 Å². The zero-order chi connectivity index (χ0) is 17.5. The standard InChI is InChI=1S/C18H22N2O4S/c1-2-23-15-5-3-13(4-6-15)18(21)20-16-7-8-22-10-17(16)24-9-14-11-25-12-19-14/h3-6,11-12,16-17H,2,7-10H2,1H3,(H,20,21)/t16-,17-/m1/s1. The van der Waals surface area contributed by atoms with Crippen LogP contribution in [-0.2, 0) is 16.1 Å². The second kappa shape index (κ2) is 8.94. The van der Waals surface area contributed by atoms with Gasteiger partial charge in [-0.15, -0.1) is 11.3 Å². The van der Waals surface area contributed by atoms with Crippen LogP contribution in [0.1, 0.15) is 29.4 Å². The second-order valence-corrected chi connectivity index (χ2v) is 6.45. The van der Waals surface area contributed by atoms with Crippen molar-refractivity contribution in [3.05, 3.63) is 46.4 Å². The number of ether oxygens (including phenoxy) is 3. The fraction of sp³-hybridized carbons (Fsp3) is 0.444. The molecule has 0 bridgehead atoms. The zero-order valence-corrected chi connectivity index (χ0v) is 15.0. The van der Waals surface area contributed by atoms with Gasteiger partial charge in [0.2, 0.25) is 0 Å². The Bertz CT molecular complexity index is 660. The van der Waals surface area contributed by atoms with E-state index < -0.39 is 0 Å². The maximum absolute atomic E-state index is 12.5. The third-order valence-corrected chi connectivity index (χ3v) is 4.61. The lowest BCUT2D eigenvalue weighted by atomic mass is 10.1. The monoisotopic (exact) mass is 362 g/mol. The van der Waals surface area contributed by atoms with Crippen molar-refractivity contribution in [2.45, 2.75) is 32.1 Å². The van der Waals surface area contributed by atoms with Crippen LogP contribution in [-0.4, -0.2) is 42.9 Å². The van der Waals surface area contributed by atoms with E-state index >= 15 is 0 Å². The molecule has 3 rings (SSSR count). The molecule has 25 heavy (non-hydrogen) atoms. The van der Waals surface area contributed by atoms with Gasteiger partial charge >= 0.3 is 0 Å². The van der Waals surface area contributed by atoms with E-state index in [2.05, 4.69) is 10.3 Å². The Labute approximate surface area is 151 Å². The minimum atomic E-state index is -0.179. The molecule has 0 radical (unpaired) electrons. The van der Waals surface area contributed by atoms with Crippen LogP contribution < -0.4 is 10.1 Å². The van der Waals surface area contributed by atoms with Gasteiger partial charge in [0.25, 0.3) is 5.91 Å². The molecule has 1 fully saturated rings. The van der Waals surface area contributed by atoms with Crippen molar-refractivity contribution in [2.24, 2.45) is 0 Å². The van der Waals surface area contributed by atoms with Gasteiger partial charge in [-0.25, -0.2) is 4.98 Å². The van der Waals surface area contributed by atoms with E-state index in [1.807, 2.05) is 12.3 Å². The highest BCUT2D eigenvalue weighted by Crippen LogP contribution is 2.16. The number of hydrogen-bond donors (Lipinski definition) is 1. The number of amides is 1. The summed E-state index contributed by atoms with van der Waals surface area (Å²) in [5, 5.41) is 5.02. The lowest BCUT2D eigenvalue weighted by molar-refractivity contribution is -0.0742. The van der Waals surface area contributed by atoms with Crippen LogP contribution in [0.25, 0.3) is 0 Å². The van der Waals surface area contributed by atoms with E-state index in [9.17, 15) is 4.79 Å². The van der Waals surface area contributed by atoms with Crippen molar-refractivity contribution in [1.29, 1.82) is 0 Å². The minimum absolute atomic E-state index is 0.0774. The number of benzene rings is 1. The zero-order valence-electron chi connectivity index (χ0n) is 14.1. The maximum atomic E-state index is 12.5. The number of nitrogens with one attached hydrogen (secondary N) is 1. The molecule has 0 unspecified atom stereocenters. The molecule has 2 atom stereocenters. The van der Waals surface area contributed by atoms with Gasteiger partial charge < -0.3 is 19.5 Å². The van der Waals surface area contributed by atoms with Crippen LogP contribution in [0.5, 0.6) is 5.75 Å². The van der Waals surface area contributed by atoms with Crippen LogP contribution in [0, 0.1) is 0 Å². The first-order chi connectivity index (χ1) is 12.3. The van der Waals surface area contributed by atoms with E-state index in [0.29, 0.717) is 32.0 Å². The van der Waals surface area contributed by atoms with Crippen LogP contribution in [0.2, 0.25) is 0 Å². The van der Waals surface area contributed by atoms with Crippen LogP contribution in [0.4, 0.5) is 0 Å². The summed E-state index contributed by atoms with van der Waals surface area (Å²) >= 11 is 1.54. The quantitative estimate of drug-likeness (QED) is 0.820. The number of hydrogen-bond acceptors (Lipinski definition) is 6. The van der Waals surface area contributed by atoms with Gasteiger partial charge in [-0.05, 0) is 37.6 Å². The molecule has 2 heterocycles. The highest BCUT2D eigenvalue weighted by molar-refractivity contribution is 7.07. The average molecular weight is 362 g/mol. The van der Waals surface area contributed by atoms with Gasteiger partial charge in [0.15, 0.2) is 0 Å². The Morgan fingerprint density at radius 3 is 2.96 bits per heavy atom. The van der Waals surface area contributed by atoms with Gasteiger partial charge in [-0.2, -0.15) is 0 Å². The van der Waals surface area contributed by atoms with Gasteiger partial charge in [0, 0.05) is 17.6 Å². The maximum Gasteiger partial charge on any atom is 0.251 e. The number of carbonyl (C=O) groups is 1. The highest BCUT2D eigenvalue weighted by atomic mass is 32.1. The lowest BCUT2D eigenvalue weighted by Crippen LogP contribution is -2.49. The van der Waals surface area contributed by atoms with E-state index in [4.69, 9.17) is 14.2 Å². The topological polar surface area (TPSA) is 69.7 Å². The number of carbonyl (C=O) groups excluding carboxylic acids is 1. The second-order valence-electron chi connectivity index (χ2n) is 5.73. The average Bonchev–Trinajstić information content (AvgIpc) is 3.15. The summed E-state index contributed by atoms with van der Waals surface area (Å²) in [5.41, 5.74) is 3.28. The van der Waals surface area contributed by atoms with E-state index in [0.717, 1.165) is 17.9 Å². The largest absolute Gasteiger partial charge is 0.494 e. The molecule has 0 aliphatic carbocycles. The molecule has 1 amide bonds. The molecular weight excluding hydrogens is 340 g/mol. The van der Waals surface area contributed by atoms with Crippen molar-refractivity contribution in [3.8, 4) is 5.75 Å². The number of aromatic nitrogens is 1. The summed E-state index contributed by atoms with van der Waals surface area (Å²) in [6.07, 6.45) is 0.548. The molecule has 2 aromatic rings. The van der Waals surface area contributed by atoms with Crippen molar-refractivity contribution in [2.75, 3.05) is 19.8 Å². The Hall–Kier alpha value is -1.96. The fourth-order valence-corrected chi connectivity index (χ4v) is 3.21. The van der Waals surface area contributed by atoms with E-state index in [1.54, 1.807) is 29.8 Å². The molecule has 1 aromatic heterocycles. The number of nitrogens with zero attached hydrogens (tertiary/aromatic N) is 1. The third-order valence-electron chi connectivity index (χ3n) is 3.98.